The van der Waals surface area contributed by atoms with Crippen molar-refractivity contribution in [3.05, 3.63) is 0 Å². The summed E-state index contributed by atoms with van der Waals surface area (Å²) >= 11 is 0. The van der Waals surface area contributed by atoms with Crippen molar-refractivity contribution < 1.29 is 14.3 Å². The van der Waals surface area contributed by atoms with Crippen molar-refractivity contribution in [1.29, 1.82) is 0 Å². The van der Waals surface area contributed by atoms with E-state index in [1.54, 1.807) is 4.90 Å². The molecule has 4 heteroatoms. The summed E-state index contributed by atoms with van der Waals surface area (Å²) in [5.41, 5.74) is -0.455. The normalized spacial score (nSPS) is 11.0. The summed E-state index contributed by atoms with van der Waals surface area (Å²) in [6, 6.07) is 0. The number of hydrogen-bond acceptors (Lipinski definition) is 3. The molecule has 1 amide bonds. The molecule has 0 fully saturated rings. The maximum absolute atomic E-state index is 11.9. The number of carbonyl (C=O) groups is 2. The Morgan fingerprint density at radius 3 is 2.13 bits per heavy atom. The van der Waals surface area contributed by atoms with Gasteiger partial charge in [0.05, 0.1) is 7.11 Å². The molecule has 4 nitrogen and oxygen atoms in total. The molecule has 0 aliphatic rings. The molecule has 0 radical (unpaired) electrons. The van der Waals surface area contributed by atoms with Crippen LogP contribution >= 0.6 is 0 Å². The minimum absolute atomic E-state index is 0.0187. The molecule has 0 aliphatic heterocycles. The van der Waals surface area contributed by atoms with Gasteiger partial charge in [-0.05, 0) is 6.42 Å². The minimum atomic E-state index is -0.455. The number of rotatable bonds is 4. The largest absolute Gasteiger partial charge is 0.468 e. The van der Waals surface area contributed by atoms with Crippen LogP contribution in [-0.2, 0) is 14.3 Å². The van der Waals surface area contributed by atoms with Crippen molar-refractivity contribution in [3.8, 4) is 0 Å². The second kappa shape index (κ2) is 5.73. The summed E-state index contributed by atoms with van der Waals surface area (Å²) in [4.78, 5) is 24.6. The van der Waals surface area contributed by atoms with Gasteiger partial charge in [0.15, 0.2) is 0 Å². The maximum Gasteiger partial charge on any atom is 0.325 e. The molecule has 0 aromatic rings. The van der Waals surface area contributed by atoms with Crippen LogP contribution in [0.15, 0.2) is 0 Å². The molecule has 0 heterocycles. The highest BCUT2D eigenvalue weighted by Crippen LogP contribution is 2.17. The first-order chi connectivity index (χ1) is 6.82. The summed E-state index contributed by atoms with van der Waals surface area (Å²) in [5, 5.41) is 0. The van der Waals surface area contributed by atoms with Gasteiger partial charge in [-0.25, -0.2) is 0 Å². The monoisotopic (exact) mass is 215 g/mol. The third-order valence-electron chi connectivity index (χ3n) is 1.97. The Labute approximate surface area is 91.6 Å². The fourth-order valence-corrected chi connectivity index (χ4v) is 1.22. The van der Waals surface area contributed by atoms with Crippen LogP contribution in [0, 0.1) is 5.41 Å². The van der Waals surface area contributed by atoms with Gasteiger partial charge in [0.2, 0.25) is 5.91 Å². The molecule has 15 heavy (non-hydrogen) atoms. The van der Waals surface area contributed by atoms with Crippen LogP contribution in [-0.4, -0.2) is 37.0 Å². The van der Waals surface area contributed by atoms with E-state index in [-0.39, 0.29) is 18.4 Å². The van der Waals surface area contributed by atoms with Crippen LogP contribution in [0.2, 0.25) is 0 Å². The van der Waals surface area contributed by atoms with Crippen molar-refractivity contribution in [3.63, 3.8) is 0 Å². The molecule has 0 spiro atoms. The van der Waals surface area contributed by atoms with Gasteiger partial charge in [-0.15, -0.1) is 0 Å². The molecule has 88 valence electrons. The SMILES string of the molecule is CCCN(CC(=O)OC)C(=O)C(C)(C)C. The Balaban J connectivity index is 4.52. The summed E-state index contributed by atoms with van der Waals surface area (Å²) in [6.45, 7) is 8.13. The second-order valence-electron chi connectivity index (χ2n) is 4.55. The lowest BCUT2D eigenvalue weighted by molar-refractivity contribution is -0.150. The first kappa shape index (κ1) is 13.9. The van der Waals surface area contributed by atoms with Crippen molar-refractivity contribution in [2.45, 2.75) is 34.1 Å². The molecule has 0 saturated carbocycles. The standard InChI is InChI=1S/C11H21NO3/c1-6-7-12(8-9(13)15-5)10(14)11(2,3)4/h6-8H2,1-5H3. The van der Waals surface area contributed by atoms with E-state index < -0.39 is 5.41 Å². The molecular formula is C11H21NO3. The molecule has 0 aromatic carbocycles. The molecule has 0 aromatic heterocycles. The summed E-state index contributed by atoms with van der Waals surface area (Å²) in [6.07, 6.45) is 0.832. The van der Waals surface area contributed by atoms with E-state index in [9.17, 15) is 9.59 Å². The number of ether oxygens (including phenoxy) is 1. The zero-order chi connectivity index (χ0) is 12.1. The van der Waals surface area contributed by atoms with E-state index in [1.807, 2.05) is 27.7 Å². The van der Waals surface area contributed by atoms with Gasteiger partial charge in [-0.3, -0.25) is 9.59 Å². The van der Waals surface area contributed by atoms with Gasteiger partial charge in [-0.2, -0.15) is 0 Å². The summed E-state index contributed by atoms with van der Waals surface area (Å²) in [5.74, 6) is -0.393. The van der Waals surface area contributed by atoms with E-state index >= 15 is 0 Å². The quantitative estimate of drug-likeness (QED) is 0.667. The predicted octanol–water partition coefficient (Wildman–Crippen LogP) is 1.44. The highest BCUT2D eigenvalue weighted by atomic mass is 16.5. The fraction of sp³-hybridized carbons (Fsp3) is 0.818. The number of nitrogens with zero attached hydrogens (tertiary/aromatic N) is 1. The van der Waals surface area contributed by atoms with Gasteiger partial charge in [0, 0.05) is 12.0 Å². The topological polar surface area (TPSA) is 46.6 Å². The average molecular weight is 215 g/mol. The molecular weight excluding hydrogens is 194 g/mol. The average Bonchev–Trinajstić information content (AvgIpc) is 2.14. The van der Waals surface area contributed by atoms with E-state index in [2.05, 4.69) is 4.74 Å². The zero-order valence-electron chi connectivity index (χ0n) is 10.3. The van der Waals surface area contributed by atoms with Crippen molar-refractivity contribution in [2.24, 2.45) is 5.41 Å². The Bertz CT molecular complexity index is 230. The third-order valence-corrected chi connectivity index (χ3v) is 1.97. The molecule has 0 rings (SSSR count). The predicted molar refractivity (Wildman–Crippen MR) is 58.3 cm³/mol. The van der Waals surface area contributed by atoms with Gasteiger partial charge < -0.3 is 9.64 Å². The number of methoxy groups -OCH3 is 1. The van der Waals surface area contributed by atoms with E-state index in [1.165, 1.54) is 7.11 Å². The zero-order valence-corrected chi connectivity index (χ0v) is 10.3. The van der Waals surface area contributed by atoms with Crippen molar-refractivity contribution in [1.82, 2.24) is 4.90 Å². The van der Waals surface area contributed by atoms with E-state index in [0.717, 1.165) is 6.42 Å². The maximum atomic E-state index is 11.9. The Hall–Kier alpha value is -1.06. The smallest absolute Gasteiger partial charge is 0.325 e. The number of esters is 1. The van der Waals surface area contributed by atoms with Gasteiger partial charge in [0.25, 0.3) is 0 Å². The summed E-state index contributed by atoms with van der Waals surface area (Å²) in [7, 11) is 1.33. The lowest BCUT2D eigenvalue weighted by Crippen LogP contribution is -2.43. The van der Waals surface area contributed by atoms with Crippen LogP contribution in [0.4, 0.5) is 0 Å². The van der Waals surface area contributed by atoms with Crippen LogP contribution in [0.5, 0.6) is 0 Å². The van der Waals surface area contributed by atoms with Crippen LogP contribution < -0.4 is 0 Å². The first-order valence-electron chi connectivity index (χ1n) is 5.19. The van der Waals surface area contributed by atoms with Gasteiger partial charge in [0.1, 0.15) is 6.54 Å². The highest BCUT2D eigenvalue weighted by Gasteiger charge is 2.28. The molecule has 0 bridgehead atoms. The Morgan fingerprint density at radius 1 is 1.27 bits per heavy atom. The fourth-order valence-electron chi connectivity index (χ4n) is 1.22. The molecule has 0 unspecified atom stereocenters. The first-order valence-corrected chi connectivity index (χ1v) is 5.19. The molecule has 0 atom stereocenters. The number of hydrogen-bond donors (Lipinski definition) is 0. The van der Waals surface area contributed by atoms with Crippen molar-refractivity contribution >= 4 is 11.9 Å². The highest BCUT2D eigenvalue weighted by molar-refractivity contribution is 5.85. The minimum Gasteiger partial charge on any atom is -0.468 e. The van der Waals surface area contributed by atoms with E-state index in [4.69, 9.17) is 0 Å². The van der Waals surface area contributed by atoms with Crippen molar-refractivity contribution in [2.75, 3.05) is 20.2 Å². The van der Waals surface area contributed by atoms with Gasteiger partial charge >= 0.3 is 5.97 Å². The Kier molecular flexibility index (Phi) is 5.33. The lowest BCUT2D eigenvalue weighted by Gasteiger charge is -2.28. The third kappa shape index (κ3) is 4.81. The lowest BCUT2D eigenvalue weighted by atomic mass is 9.94. The number of amides is 1. The Morgan fingerprint density at radius 2 is 1.80 bits per heavy atom. The van der Waals surface area contributed by atoms with E-state index in [0.29, 0.717) is 6.54 Å². The molecule has 0 N–H and O–H groups in total. The van der Waals surface area contributed by atoms with Crippen LogP contribution in [0.25, 0.3) is 0 Å². The van der Waals surface area contributed by atoms with Crippen LogP contribution in [0.1, 0.15) is 34.1 Å². The van der Waals surface area contributed by atoms with Gasteiger partial charge in [-0.1, -0.05) is 27.7 Å². The molecule has 0 aliphatic carbocycles. The number of carbonyl (C=O) groups excluding carboxylic acids is 2. The van der Waals surface area contributed by atoms with Crippen LogP contribution in [0.3, 0.4) is 0 Å². The molecule has 0 saturated heterocycles. The summed E-state index contributed by atoms with van der Waals surface area (Å²) < 4.78 is 4.56. The second-order valence-corrected chi connectivity index (χ2v) is 4.55.